The Morgan fingerprint density at radius 3 is 2.61 bits per heavy atom. The van der Waals surface area contributed by atoms with Crippen molar-refractivity contribution in [2.75, 3.05) is 18.2 Å². The second-order valence-corrected chi connectivity index (χ2v) is 4.58. The topological polar surface area (TPSA) is 55.4 Å². The van der Waals surface area contributed by atoms with Gasteiger partial charge in [-0.15, -0.1) is 11.8 Å². The Morgan fingerprint density at radius 1 is 1.39 bits per heavy atom. The molecule has 0 heterocycles. The second kappa shape index (κ2) is 7.06. The molecule has 0 aliphatic carbocycles. The van der Waals surface area contributed by atoms with Gasteiger partial charge in [0.2, 0.25) is 5.91 Å². The summed E-state index contributed by atoms with van der Waals surface area (Å²) in [5, 5.41) is 2.30. The van der Waals surface area contributed by atoms with E-state index in [0.29, 0.717) is 12.3 Å². The fraction of sp³-hybridized carbons (Fsp3) is 0.385. The first-order valence-corrected chi connectivity index (χ1v) is 6.94. The highest BCUT2D eigenvalue weighted by Crippen LogP contribution is 2.33. The molecule has 5 heteroatoms. The third-order valence-electron chi connectivity index (χ3n) is 2.29. The molecule has 0 spiro atoms. The average Bonchev–Trinajstić information content (AvgIpc) is 2.32. The van der Waals surface area contributed by atoms with E-state index in [1.165, 1.54) is 18.7 Å². The lowest BCUT2D eigenvalue weighted by Crippen LogP contribution is -2.16. The highest BCUT2D eigenvalue weighted by atomic mass is 32.2. The highest BCUT2D eigenvalue weighted by Gasteiger charge is 2.23. The van der Waals surface area contributed by atoms with E-state index in [4.69, 9.17) is 4.74 Å². The molecule has 1 unspecified atom stereocenters. The maximum absolute atomic E-state index is 11.9. The molecular formula is C13H17NO3S. The Bertz CT molecular complexity index is 434. The number of hydrogen-bond donors (Lipinski definition) is 1. The van der Waals surface area contributed by atoms with E-state index in [2.05, 4.69) is 5.32 Å². The lowest BCUT2D eigenvalue weighted by Gasteiger charge is -2.17. The van der Waals surface area contributed by atoms with E-state index in [1.54, 1.807) is 13.0 Å². The monoisotopic (exact) mass is 267 g/mol. The fourth-order valence-electron chi connectivity index (χ4n) is 1.60. The molecule has 0 aromatic heterocycles. The first-order valence-electron chi connectivity index (χ1n) is 5.66. The lowest BCUT2D eigenvalue weighted by molar-refractivity contribution is -0.142. The third-order valence-corrected chi connectivity index (χ3v) is 3.21. The molecule has 0 radical (unpaired) electrons. The van der Waals surface area contributed by atoms with Crippen molar-refractivity contribution in [3.8, 4) is 0 Å². The summed E-state index contributed by atoms with van der Waals surface area (Å²) in [6.07, 6.45) is 1.84. The van der Waals surface area contributed by atoms with Crippen LogP contribution in [0.25, 0.3) is 0 Å². The van der Waals surface area contributed by atoms with Crippen molar-refractivity contribution < 1.29 is 14.3 Å². The van der Waals surface area contributed by atoms with Crippen molar-refractivity contribution in [2.24, 2.45) is 0 Å². The second-order valence-electron chi connectivity index (χ2n) is 3.64. The van der Waals surface area contributed by atoms with Crippen LogP contribution in [0.3, 0.4) is 0 Å². The summed E-state index contributed by atoms with van der Waals surface area (Å²) in [6.45, 7) is 3.56. The van der Waals surface area contributed by atoms with Gasteiger partial charge in [0, 0.05) is 12.6 Å². The maximum atomic E-state index is 11.9. The SMILES string of the molecule is CCOC(=O)C(SC)c1ccccc1NC(C)=O. The molecule has 1 rings (SSSR count). The van der Waals surface area contributed by atoms with Crippen LogP contribution >= 0.6 is 11.8 Å². The Balaban J connectivity index is 3.04. The molecule has 0 saturated carbocycles. The zero-order valence-corrected chi connectivity index (χ0v) is 11.5. The van der Waals surface area contributed by atoms with Gasteiger partial charge in [0.15, 0.2) is 0 Å². The van der Waals surface area contributed by atoms with Gasteiger partial charge >= 0.3 is 5.97 Å². The van der Waals surface area contributed by atoms with Crippen LogP contribution in [0, 0.1) is 0 Å². The van der Waals surface area contributed by atoms with Crippen LogP contribution in [0.5, 0.6) is 0 Å². The summed E-state index contributed by atoms with van der Waals surface area (Å²) >= 11 is 1.39. The van der Waals surface area contributed by atoms with E-state index < -0.39 is 5.25 Å². The van der Waals surface area contributed by atoms with E-state index in [1.807, 2.05) is 24.5 Å². The molecule has 1 aromatic carbocycles. The Labute approximate surface area is 111 Å². The Kier molecular flexibility index (Phi) is 5.71. The summed E-state index contributed by atoms with van der Waals surface area (Å²) in [7, 11) is 0. The number of nitrogens with one attached hydrogen (secondary N) is 1. The summed E-state index contributed by atoms with van der Waals surface area (Å²) in [4.78, 5) is 23.0. The maximum Gasteiger partial charge on any atom is 0.323 e. The normalized spacial score (nSPS) is 11.7. The molecule has 0 aliphatic heterocycles. The average molecular weight is 267 g/mol. The van der Waals surface area contributed by atoms with Crippen molar-refractivity contribution in [1.29, 1.82) is 0 Å². The number of rotatable bonds is 5. The van der Waals surface area contributed by atoms with Gasteiger partial charge in [-0.3, -0.25) is 9.59 Å². The minimum absolute atomic E-state index is 0.161. The molecule has 0 aliphatic rings. The fourth-order valence-corrected chi connectivity index (χ4v) is 2.32. The smallest absolute Gasteiger partial charge is 0.323 e. The Morgan fingerprint density at radius 2 is 2.06 bits per heavy atom. The molecule has 98 valence electrons. The number of carbonyl (C=O) groups is 2. The van der Waals surface area contributed by atoms with E-state index in [0.717, 1.165) is 5.56 Å². The van der Waals surface area contributed by atoms with Crippen molar-refractivity contribution in [2.45, 2.75) is 19.1 Å². The number of carbonyl (C=O) groups excluding carboxylic acids is 2. The van der Waals surface area contributed by atoms with Gasteiger partial charge in [0.05, 0.1) is 6.61 Å². The van der Waals surface area contributed by atoms with Crippen molar-refractivity contribution in [3.63, 3.8) is 0 Å². The molecule has 0 saturated heterocycles. The molecule has 4 nitrogen and oxygen atoms in total. The zero-order valence-electron chi connectivity index (χ0n) is 10.7. The standard InChI is InChI=1S/C13H17NO3S/c1-4-17-13(16)12(18-3)10-7-5-6-8-11(10)14-9(2)15/h5-8,12H,4H2,1-3H3,(H,14,15). The molecule has 1 aromatic rings. The number of esters is 1. The van der Waals surface area contributed by atoms with Gasteiger partial charge in [-0.1, -0.05) is 18.2 Å². The largest absolute Gasteiger partial charge is 0.465 e. The third kappa shape index (κ3) is 3.77. The molecule has 0 bridgehead atoms. The van der Waals surface area contributed by atoms with Gasteiger partial charge in [0.25, 0.3) is 0 Å². The van der Waals surface area contributed by atoms with Crippen LogP contribution in [0.1, 0.15) is 24.7 Å². The number of anilines is 1. The first kappa shape index (κ1) is 14.6. The number of benzene rings is 1. The molecule has 18 heavy (non-hydrogen) atoms. The Hall–Kier alpha value is -1.49. The van der Waals surface area contributed by atoms with Crippen LogP contribution in [-0.2, 0) is 14.3 Å². The van der Waals surface area contributed by atoms with Gasteiger partial charge in [0.1, 0.15) is 5.25 Å². The molecule has 1 N–H and O–H groups in total. The zero-order chi connectivity index (χ0) is 13.5. The lowest BCUT2D eigenvalue weighted by atomic mass is 10.1. The summed E-state index contributed by atoms with van der Waals surface area (Å²) < 4.78 is 5.04. The molecule has 1 amide bonds. The van der Waals surface area contributed by atoms with Crippen LogP contribution in [0.2, 0.25) is 0 Å². The van der Waals surface area contributed by atoms with E-state index in [9.17, 15) is 9.59 Å². The summed E-state index contributed by atoms with van der Waals surface area (Å²) in [5.41, 5.74) is 1.41. The molecule has 1 atom stereocenters. The summed E-state index contributed by atoms with van der Waals surface area (Å²) in [5.74, 6) is -0.450. The highest BCUT2D eigenvalue weighted by molar-refractivity contribution is 7.99. The van der Waals surface area contributed by atoms with Gasteiger partial charge in [-0.2, -0.15) is 0 Å². The van der Waals surface area contributed by atoms with Crippen LogP contribution < -0.4 is 5.32 Å². The number of amides is 1. The number of hydrogen-bond acceptors (Lipinski definition) is 4. The quantitative estimate of drug-likeness (QED) is 0.833. The number of para-hydroxylation sites is 1. The predicted molar refractivity (Wildman–Crippen MR) is 73.6 cm³/mol. The van der Waals surface area contributed by atoms with Gasteiger partial charge < -0.3 is 10.1 Å². The van der Waals surface area contributed by atoms with Gasteiger partial charge in [-0.05, 0) is 24.8 Å². The molecule has 0 fully saturated rings. The summed E-state index contributed by atoms with van der Waals surface area (Å²) in [6, 6.07) is 7.25. The van der Waals surface area contributed by atoms with E-state index in [-0.39, 0.29) is 11.9 Å². The van der Waals surface area contributed by atoms with Crippen molar-refractivity contribution >= 4 is 29.3 Å². The van der Waals surface area contributed by atoms with Crippen molar-refractivity contribution in [3.05, 3.63) is 29.8 Å². The van der Waals surface area contributed by atoms with Crippen molar-refractivity contribution in [1.82, 2.24) is 0 Å². The van der Waals surface area contributed by atoms with Crippen LogP contribution in [-0.4, -0.2) is 24.7 Å². The predicted octanol–water partition coefficient (Wildman–Crippen LogP) is 2.61. The molecular weight excluding hydrogens is 250 g/mol. The minimum Gasteiger partial charge on any atom is -0.465 e. The number of ether oxygens (including phenoxy) is 1. The van der Waals surface area contributed by atoms with Gasteiger partial charge in [-0.25, -0.2) is 0 Å². The minimum atomic E-state index is -0.423. The first-order chi connectivity index (χ1) is 8.60. The van der Waals surface area contributed by atoms with Crippen LogP contribution in [0.15, 0.2) is 24.3 Å². The number of thioether (sulfide) groups is 1. The van der Waals surface area contributed by atoms with Crippen LogP contribution in [0.4, 0.5) is 5.69 Å². The van der Waals surface area contributed by atoms with E-state index >= 15 is 0 Å².